The predicted octanol–water partition coefficient (Wildman–Crippen LogP) is 0.700. The molecule has 0 spiro atoms. The van der Waals surface area contributed by atoms with E-state index in [4.69, 9.17) is 23.7 Å². The van der Waals surface area contributed by atoms with Crippen LogP contribution in [0.2, 0.25) is 0 Å². The average Bonchev–Trinajstić information content (AvgIpc) is 3.26. The average molecular weight is 525 g/mol. The first-order chi connectivity index (χ1) is 17.0. The second-order valence-corrected chi connectivity index (χ2v) is 8.50. The number of anilines is 1. The zero-order valence-corrected chi connectivity index (χ0v) is 20.7. The monoisotopic (exact) mass is 524 g/mol. The minimum atomic E-state index is -1.34. The highest BCUT2D eigenvalue weighted by molar-refractivity contribution is 7.16. The number of ether oxygens (including phenoxy) is 5. The lowest BCUT2D eigenvalue weighted by Gasteiger charge is -2.23. The summed E-state index contributed by atoms with van der Waals surface area (Å²) in [6.07, 6.45) is -3.48. The van der Waals surface area contributed by atoms with Crippen molar-refractivity contribution in [2.75, 3.05) is 18.5 Å². The van der Waals surface area contributed by atoms with Crippen molar-refractivity contribution < 1.29 is 42.9 Å². The smallest absolute Gasteiger partial charge is 0.311 e. The molecule has 1 aliphatic rings. The lowest BCUT2D eigenvalue weighted by molar-refractivity contribution is -0.166. The second kappa shape index (κ2) is 11.3. The molecule has 1 fully saturated rings. The summed E-state index contributed by atoms with van der Waals surface area (Å²) in [6.45, 7) is 7.98. The van der Waals surface area contributed by atoms with Crippen molar-refractivity contribution >= 4 is 51.4 Å². The second-order valence-electron chi connectivity index (χ2n) is 7.54. The van der Waals surface area contributed by atoms with Crippen molar-refractivity contribution in [3.05, 3.63) is 22.3 Å². The van der Waals surface area contributed by atoms with E-state index in [2.05, 4.69) is 21.9 Å². The SMILES string of the molecule is C=CCOc1nc(NC(C)=O)nc2c1sc(=O)n2[C@@H]1O[C@H](COC(C)=O)[C@@H](OC(C)=O)[C@H]1OC(C)=O. The van der Waals surface area contributed by atoms with Gasteiger partial charge in [0.05, 0.1) is 0 Å². The molecule has 0 aliphatic carbocycles. The van der Waals surface area contributed by atoms with E-state index in [-0.39, 0.29) is 35.4 Å². The molecule has 0 aromatic carbocycles. The summed E-state index contributed by atoms with van der Waals surface area (Å²) in [5.74, 6) is -2.71. The van der Waals surface area contributed by atoms with Gasteiger partial charge in [0.25, 0.3) is 0 Å². The Morgan fingerprint density at radius 1 is 1.08 bits per heavy atom. The molecule has 14 nitrogen and oxygen atoms in total. The number of rotatable bonds is 9. The predicted molar refractivity (Wildman–Crippen MR) is 123 cm³/mol. The standard InChI is InChI=1S/C21H24N4O10S/c1-6-7-31-18-16-17(23-20(24-18)22-9(2)26)25(21(30)36-16)19-15(34-12(5)29)14(33-11(4)28)13(35-19)8-32-10(3)27/h6,13-15,19H,1,7-8H2,2-5H3,(H,22,23,24,26)/t13-,14-,15-,19-/m1/s1. The van der Waals surface area contributed by atoms with Crippen LogP contribution in [0, 0.1) is 0 Å². The summed E-state index contributed by atoms with van der Waals surface area (Å²) in [4.78, 5) is 67.7. The van der Waals surface area contributed by atoms with Gasteiger partial charge >= 0.3 is 22.8 Å². The van der Waals surface area contributed by atoms with E-state index in [1.807, 2.05) is 0 Å². The molecule has 0 saturated carbocycles. The van der Waals surface area contributed by atoms with Gasteiger partial charge in [0, 0.05) is 27.7 Å². The maximum atomic E-state index is 13.2. The minimum Gasteiger partial charge on any atom is -0.472 e. The van der Waals surface area contributed by atoms with Gasteiger partial charge in [-0.05, 0) is 0 Å². The van der Waals surface area contributed by atoms with Crippen LogP contribution in [-0.2, 0) is 38.1 Å². The topological polar surface area (TPSA) is 174 Å². The zero-order chi connectivity index (χ0) is 26.6. The largest absolute Gasteiger partial charge is 0.472 e. The highest BCUT2D eigenvalue weighted by Crippen LogP contribution is 2.37. The van der Waals surface area contributed by atoms with Crippen molar-refractivity contribution in [1.82, 2.24) is 14.5 Å². The molecule has 3 heterocycles. The van der Waals surface area contributed by atoms with Crippen molar-refractivity contribution in [3.63, 3.8) is 0 Å². The Bertz CT molecular complexity index is 1260. The number of amides is 1. The third-order valence-electron chi connectivity index (χ3n) is 4.65. The number of fused-ring (bicyclic) bond motifs is 1. The lowest BCUT2D eigenvalue weighted by Crippen LogP contribution is -2.41. The number of aromatic nitrogens is 3. The molecule has 1 amide bonds. The summed E-state index contributed by atoms with van der Waals surface area (Å²) in [6, 6.07) is 0. The Balaban J connectivity index is 2.17. The van der Waals surface area contributed by atoms with Crippen LogP contribution >= 0.6 is 11.3 Å². The van der Waals surface area contributed by atoms with Gasteiger partial charge in [0.15, 0.2) is 24.1 Å². The molecule has 1 saturated heterocycles. The molecule has 3 rings (SSSR count). The van der Waals surface area contributed by atoms with E-state index in [1.54, 1.807) is 0 Å². The maximum absolute atomic E-state index is 13.2. The Morgan fingerprint density at radius 2 is 1.75 bits per heavy atom. The van der Waals surface area contributed by atoms with Crippen LogP contribution in [0.4, 0.5) is 5.95 Å². The van der Waals surface area contributed by atoms with E-state index >= 15 is 0 Å². The van der Waals surface area contributed by atoms with Crippen LogP contribution < -0.4 is 14.9 Å². The van der Waals surface area contributed by atoms with Gasteiger partial charge in [0.2, 0.25) is 17.7 Å². The van der Waals surface area contributed by atoms with E-state index in [9.17, 15) is 24.0 Å². The van der Waals surface area contributed by atoms with Gasteiger partial charge in [0.1, 0.15) is 24.0 Å². The number of nitrogens with zero attached hydrogens (tertiary/aromatic N) is 3. The van der Waals surface area contributed by atoms with Crippen molar-refractivity contribution in [2.45, 2.75) is 52.2 Å². The van der Waals surface area contributed by atoms with Crippen molar-refractivity contribution in [3.8, 4) is 5.88 Å². The molecule has 36 heavy (non-hydrogen) atoms. The summed E-state index contributed by atoms with van der Waals surface area (Å²) in [7, 11) is 0. The first kappa shape index (κ1) is 26.7. The number of carbonyl (C=O) groups excluding carboxylic acids is 4. The van der Waals surface area contributed by atoms with E-state index in [0.717, 1.165) is 29.8 Å². The number of carbonyl (C=O) groups is 4. The number of esters is 3. The zero-order valence-electron chi connectivity index (χ0n) is 19.8. The van der Waals surface area contributed by atoms with Gasteiger partial charge in [-0.25, -0.2) is 0 Å². The normalized spacial score (nSPS) is 21.0. The van der Waals surface area contributed by atoms with Crippen LogP contribution in [-0.4, -0.2) is 69.9 Å². The fourth-order valence-electron chi connectivity index (χ4n) is 3.47. The number of hydrogen-bond donors (Lipinski definition) is 1. The third kappa shape index (κ3) is 6.04. The highest BCUT2D eigenvalue weighted by atomic mass is 32.1. The fourth-order valence-corrected chi connectivity index (χ4v) is 4.36. The third-order valence-corrected chi connectivity index (χ3v) is 5.58. The van der Waals surface area contributed by atoms with Gasteiger partial charge in [-0.15, -0.1) is 0 Å². The van der Waals surface area contributed by atoms with Crippen LogP contribution in [0.15, 0.2) is 17.4 Å². The molecule has 2 aromatic rings. The first-order valence-corrected chi connectivity index (χ1v) is 11.4. The first-order valence-electron chi connectivity index (χ1n) is 10.6. The molecule has 2 aromatic heterocycles. The van der Waals surface area contributed by atoms with Gasteiger partial charge in [-0.1, -0.05) is 24.0 Å². The minimum absolute atomic E-state index is 0.000300. The number of nitrogens with one attached hydrogen (secondary N) is 1. The molecule has 0 radical (unpaired) electrons. The Morgan fingerprint density at radius 3 is 2.33 bits per heavy atom. The van der Waals surface area contributed by atoms with Crippen LogP contribution in [0.1, 0.15) is 33.9 Å². The summed E-state index contributed by atoms with van der Waals surface area (Å²) >= 11 is 0.723. The van der Waals surface area contributed by atoms with E-state index < -0.39 is 53.2 Å². The Kier molecular flexibility index (Phi) is 8.37. The Labute approximate surface area is 208 Å². The molecule has 1 N–H and O–H groups in total. The molecule has 15 heteroatoms. The molecule has 0 unspecified atom stereocenters. The van der Waals surface area contributed by atoms with Gasteiger partial charge in [-0.2, -0.15) is 9.97 Å². The van der Waals surface area contributed by atoms with Gasteiger partial charge in [-0.3, -0.25) is 33.9 Å². The number of thiazole rings is 1. The summed E-state index contributed by atoms with van der Waals surface area (Å²) in [5.41, 5.74) is -0.000300. The van der Waals surface area contributed by atoms with Crippen molar-refractivity contribution in [1.29, 1.82) is 0 Å². The molecule has 194 valence electrons. The summed E-state index contributed by atoms with van der Waals surface area (Å²) < 4.78 is 28.5. The van der Waals surface area contributed by atoms with Crippen LogP contribution in [0.5, 0.6) is 5.88 Å². The fraction of sp³-hybridized carbons (Fsp3) is 0.476. The van der Waals surface area contributed by atoms with E-state index in [0.29, 0.717) is 0 Å². The molecule has 4 atom stereocenters. The molecular formula is C21H24N4O10S. The van der Waals surface area contributed by atoms with Crippen LogP contribution in [0.25, 0.3) is 10.3 Å². The van der Waals surface area contributed by atoms with Crippen molar-refractivity contribution in [2.24, 2.45) is 0 Å². The summed E-state index contributed by atoms with van der Waals surface area (Å²) in [5, 5.41) is 2.43. The van der Waals surface area contributed by atoms with E-state index in [1.165, 1.54) is 19.9 Å². The van der Waals surface area contributed by atoms with Crippen LogP contribution in [0.3, 0.4) is 0 Å². The maximum Gasteiger partial charge on any atom is 0.311 e. The lowest BCUT2D eigenvalue weighted by atomic mass is 10.1. The van der Waals surface area contributed by atoms with Gasteiger partial charge < -0.3 is 23.7 Å². The Hall–Kier alpha value is -3.85. The molecular weight excluding hydrogens is 500 g/mol. The molecule has 1 aliphatic heterocycles. The highest BCUT2D eigenvalue weighted by Gasteiger charge is 2.51. The molecule has 0 bridgehead atoms. The number of hydrogen-bond acceptors (Lipinski definition) is 13. The quantitative estimate of drug-likeness (QED) is 0.277.